The zero-order chi connectivity index (χ0) is 9.26. The van der Waals surface area contributed by atoms with E-state index >= 15 is 0 Å². The Morgan fingerprint density at radius 3 is 2.85 bits per heavy atom. The number of likely N-dealkylation sites (tertiary alicyclic amines) is 1. The lowest BCUT2D eigenvalue weighted by atomic mass is 10.1. The summed E-state index contributed by atoms with van der Waals surface area (Å²) in [6, 6.07) is 0.233. The molecule has 2 fully saturated rings. The third kappa shape index (κ3) is 1.76. The average molecular weight is 183 g/mol. The zero-order valence-electron chi connectivity index (χ0n) is 8.16. The number of carbonyl (C=O) groups is 1. The Morgan fingerprint density at radius 2 is 2.31 bits per heavy atom. The minimum absolute atomic E-state index is 0.233. The van der Waals surface area contributed by atoms with Crippen LogP contribution in [0.4, 0.5) is 0 Å². The maximum Gasteiger partial charge on any atom is 0.149 e. The molecule has 13 heavy (non-hydrogen) atoms. The van der Waals surface area contributed by atoms with Crippen molar-refractivity contribution < 1.29 is 9.53 Å². The van der Waals surface area contributed by atoms with Crippen molar-refractivity contribution >= 4 is 5.78 Å². The lowest BCUT2D eigenvalue weighted by Crippen LogP contribution is -2.57. The molecule has 0 radical (unpaired) electrons. The van der Waals surface area contributed by atoms with E-state index in [1.807, 2.05) is 6.92 Å². The Bertz CT molecular complexity index is 199. The van der Waals surface area contributed by atoms with Crippen molar-refractivity contribution in [2.24, 2.45) is 0 Å². The number of hydrogen-bond acceptors (Lipinski definition) is 3. The van der Waals surface area contributed by atoms with Crippen molar-refractivity contribution in [3.8, 4) is 0 Å². The van der Waals surface area contributed by atoms with Gasteiger partial charge >= 0.3 is 0 Å². The van der Waals surface area contributed by atoms with Crippen LogP contribution < -0.4 is 0 Å². The Kier molecular flexibility index (Phi) is 2.65. The molecule has 0 amide bonds. The molecule has 3 heteroatoms. The van der Waals surface area contributed by atoms with Crippen LogP contribution in [-0.4, -0.2) is 42.5 Å². The molecular formula is C10H17NO2. The van der Waals surface area contributed by atoms with E-state index in [0.717, 1.165) is 39.0 Å². The molecular weight excluding hydrogens is 166 g/mol. The van der Waals surface area contributed by atoms with Crippen molar-refractivity contribution in [3.05, 3.63) is 0 Å². The fourth-order valence-electron chi connectivity index (χ4n) is 2.25. The van der Waals surface area contributed by atoms with Gasteiger partial charge in [0.1, 0.15) is 5.78 Å². The first-order valence-electron chi connectivity index (χ1n) is 5.19. The topological polar surface area (TPSA) is 29.5 Å². The molecule has 1 saturated carbocycles. The fourth-order valence-corrected chi connectivity index (χ4v) is 2.25. The molecule has 0 aromatic carbocycles. The summed E-state index contributed by atoms with van der Waals surface area (Å²) < 4.78 is 5.45. The molecule has 0 aromatic rings. The molecule has 2 aliphatic rings. The number of hydrogen-bond donors (Lipinski definition) is 0. The van der Waals surface area contributed by atoms with Crippen molar-refractivity contribution in [1.82, 2.24) is 4.90 Å². The highest BCUT2D eigenvalue weighted by molar-refractivity contribution is 5.86. The molecule has 0 aromatic heterocycles. The van der Waals surface area contributed by atoms with Gasteiger partial charge in [0.05, 0.1) is 12.1 Å². The largest absolute Gasteiger partial charge is 0.376 e. The normalized spacial score (nSPS) is 30.8. The van der Waals surface area contributed by atoms with E-state index in [-0.39, 0.29) is 6.04 Å². The van der Waals surface area contributed by atoms with Gasteiger partial charge in [0.15, 0.2) is 0 Å². The number of Topliss-reactive ketones (excluding diaryl/α,β-unsaturated/α-hetero) is 1. The first-order chi connectivity index (χ1) is 6.31. The molecule has 0 bridgehead atoms. The van der Waals surface area contributed by atoms with Crippen LogP contribution in [0.25, 0.3) is 0 Å². The molecule has 74 valence electrons. The van der Waals surface area contributed by atoms with Gasteiger partial charge in [-0.15, -0.1) is 0 Å². The standard InChI is InChI=1S/C10H17NO2/c1-2-13-8-6-11(7-8)9-4-3-5-10(9)12/h8-9H,2-7H2,1H3. The molecule has 0 N–H and O–H groups in total. The fraction of sp³-hybridized carbons (Fsp3) is 0.900. The van der Waals surface area contributed by atoms with Gasteiger partial charge in [-0.05, 0) is 19.8 Å². The first kappa shape index (κ1) is 9.16. The summed E-state index contributed by atoms with van der Waals surface area (Å²) in [5, 5.41) is 0. The number of nitrogens with zero attached hydrogens (tertiary/aromatic N) is 1. The number of ether oxygens (including phenoxy) is 1. The highest BCUT2D eigenvalue weighted by atomic mass is 16.5. The smallest absolute Gasteiger partial charge is 0.149 e. The molecule has 1 aliphatic heterocycles. The Hall–Kier alpha value is -0.410. The molecule has 1 aliphatic carbocycles. The summed E-state index contributed by atoms with van der Waals surface area (Å²) >= 11 is 0. The van der Waals surface area contributed by atoms with Gasteiger partial charge in [-0.2, -0.15) is 0 Å². The summed E-state index contributed by atoms with van der Waals surface area (Å²) in [4.78, 5) is 13.7. The highest BCUT2D eigenvalue weighted by Crippen LogP contribution is 2.25. The second-order valence-electron chi connectivity index (χ2n) is 3.91. The summed E-state index contributed by atoms with van der Waals surface area (Å²) in [6.45, 7) is 4.73. The third-order valence-electron chi connectivity index (χ3n) is 2.99. The van der Waals surface area contributed by atoms with Crippen LogP contribution in [0, 0.1) is 0 Å². The average Bonchev–Trinajstić information content (AvgIpc) is 2.43. The molecule has 3 nitrogen and oxygen atoms in total. The first-order valence-corrected chi connectivity index (χ1v) is 5.19. The van der Waals surface area contributed by atoms with Crippen LogP contribution >= 0.6 is 0 Å². The molecule has 1 heterocycles. The monoisotopic (exact) mass is 183 g/mol. The van der Waals surface area contributed by atoms with E-state index in [2.05, 4.69) is 4.90 Å². The summed E-state index contributed by atoms with van der Waals surface area (Å²) in [7, 11) is 0. The second kappa shape index (κ2) is 3.76. The summed E-state index contributed by atoms with van der Waals surface area (Å²) in [5.41, 5.74) is 0. The number of ketones is 1. The molecule has 2 rings (SSSR count). The van der Waals surface area contributed by atoms with Gasteiger partial charge < -0.3 is 4.74 Å². The maximum absolute atomic E-state index is 11.4. The van der Waals surface area contributed by atoms with E-state index in [1.165, 1.54) is 0 Å². The predicted molar refractivity (Wildman–Crippen MR) is 49.6 cm³/mol. The predicted octanol–water partition coefficient (Wildman–Crippen LogP) is 0.829. The van der Waals surface area contributed by atoms with Crippen LogP contribution in [-0.2, 0) is 9.53 Å². The van der Waals surface area contributed by atoms with E-state index in [4.69, 9.17) is 4.74 Å². The van der Waals surface area contributed by atoms with E-state index in [0.29, 0.717) is 11.9 Å². The maximum atomic E-state index is 11.4. The van der Waals surface area contributed by atoms with Crippen molar-refractivity contribution in [2.75, 3.05) is 19.7 Å². The second-order valence-corrected chi connectivity index (χ2v) is 3.91. The highest BCUT2D eigenvalue weighted by Gasteiger charge is 2.38. The SMILES string of the molecule is CCOC1CN(C2CCCC2=O)C1. The van der Waals surface area contributed by atoms with Crippen LogP contribution in [0.3, 0.4) is 0 Å². The Labute approximate surface area is 79.0 Å². The minimum Gasteiger partial charge on any atom is -0.376 e. The van der Waals surface area contributed by atoms with E-state index < -0.39 is 0 Å². The Morgan fingerprint density at radius 1 is 1.54 bits per heavy atom. The molecule has 0 spiro atoms. The van der Waals surface area contributed by atoms with E-state index in [1.54, 1.807) is 0 Å². The van der Waals surface area contributed by atoms with Crippen LogP contribution in [0.1, 0.15) is 26.2 Å². The van der Waals surface area contributed by atoms with Crippen LogP contribution in [0.15, 0.2) is 0 Å². The van der Waals surface area contributed by atoms with Gasteiger partial charge in [0.25, 0.3) is 0 Å². The summed E-state index contributed by atoms with van der Waals surface area (Å²) in [6.07, 6.45) is 3.33. The zero-order valence-corrected chi connectivity index (χ0v) is 8.16. The van der Waals surface area contributed by atoms with Crippen molar-refractivity contribution in [3.63, 3.8) is 0 Å². The van der Waals surface area contributed by atoms with Gasteiger partial charge in [0.2, 0.25) is 0 Å². The molecule has 1 atom stereocenters. The van der Waals surface area contributed by atoms with Gasteiger partial charge in [-0.1, -0.05) is 0 Å². The van der Waals surface area contributed by atoms with Gasteiger partial charge in [-0.3, -0.25) is 9.69 Å². The number of rotatable bonds is 3. The van der Waals surface area contributed by atoms with Gasteiger partial charge in [0, 0.05) is 26.1 Å². The third-order valence-corrected chi connectivity index (χ3v) is 2.99. The molecule has 1 unspecified atom stereocenters. The van der Waals surface area contributed by atoms with Crippen LogP contribution in [0.2, 0.25) is 0 Å². The van der Waals surface area contributed by atoms with Crippen molar-refractivity contribution in [1.29, 1.82) is 0 Å². The lowest BCUT2D eigenvalue weighted by Gasteiger charge is -2.41. The summed E-state index contributed by atoms with van der Waals surface area (Å²) in [5.74, 6) is 0.440. The van der Waals surface area contributed by atoms with E-state index in [9.17, 15) is 4.79 Å². The quantitative estimate of drug-likeness (QED) is 0.649. The minimum atomic E-state index is 0.233. The van der Waals surface area contributed by atoms with Gasteiger partial charge in [-0.25, -0.2) is 0 Å². The lowest BCUT2D eigenvalue weighted by molar-refractivity contribution is -0.128. The molecule has 1 saturated heterocycles. The Balaban J connectivity index is 1.76. The van der Waals surface area contributed by atoms with Crippen LogP contribution in [0.5, 0.6) is 0 Å². The number of carbonyl (C=O) groups excluding carboxylic acids is 1. The van der Waals surface area contributed by atoms with Crippen molar-refractivity contribution in [2.45, 2.75) is 38.3 Å².